The molecule has 1 rings (SSSR count). The average Bonchev–Trinajstić information content (AvgIpc) is 1.91. The van der Waals surface area contributed by atoms with E-state index < -0.39 is 0 Å². The minimum Gasteiger partial charge on any atom is -0.336 e. The fourth-order valence-electron chi connectivity index (χ4n) is 0.471. The molecule has 40 valence electrons. The molecule has 0 bridgehead atoms. The highest BCUT2D eigenvalue weighted by Crippen LogP contribution is 2.13. The van der Waals surface area contributed by atoms with Crippen LogP contribution in [0.2, 0.25) is 0 Å². The van der Waals surface area contributed by atoms with Crippen LogP contribution in [0.5, 0.6) is 0 Å². The van der Waals surface area contributed by atoms with E-state index in [-0.39, 0.29) is 5.24 Å². The first-order chi connectivity index (χ1) is 3.30. The molecule has 7 heavy (non-hydrogen) atoms. The molecule has 0 radical (unpaired) electrons. The van der Waals surface area contributed by atoms with Crippen LogP contribution in [0.25, 0.3) is 0 Å². The van der Waals surface area contributed by atoms with E-state index in [0.717, 1.165) is 12.3 Å². The lowest BCUT2D eigenvalue weighted by Gasteiger charge is -2.01. The van der Waals surface area contributed by atoms with Gasteiger partial charge in [0, 0.05) is 19.3 Å². The third-order valence-electron chi connectivity index (χ3n) is 0.964. The summed E-state index contributed by atoms with van der Waals surface area (Å²) in [5.41, 5.74) is 0. The first-order valence-corrected chi connectivity index (χ1v) is 3.17. The highest BCUT2D eigenvalue weighted by Gasteiger charge is 2.15. The molecule has 1 saturated heterocycles. The Labute approximate surface area is 46.9 Å². The van der Waals surface area contributed by atoms with Crippen LogP contribution in [0.3, 0.4) is 0 Å². The summed E-state index contributed by atoms with van der Waals surface area (Å²) in [6.07, 6.45) is 0. The van der Waals surface area contributed by atoms with Gasteiger partial charge in [-0.3, -0.25) is 4.79 Å². The molecule has 1 aliphatic rings. The van der Waals surface area contributed by atoms with Gasteiger partial charge in [-0.2, -0.15) is 0 Å². The smallest absolute Gasteiger partial charge is 0.281 e. The maximum Gasteiger partial charge on any atom is 0.281 e. The molecule has 0 aromatic rings. The Kier molecular flexibility index (Phi) is 1.23. The molecule has 0 unspecified atom stereocenters. The molecule has 2 nitrogen and oxygen atoms in total. The van der Waals surface area contributed by atoms with E-state index >= 15 is 0 Å². The van der Waals surface area contributed by atoms with Crippen molar-refractivity contribution in [2.24, 2.45) is 0 Å². The van der Waals surface area contributed by atoms with Crippen LogP contribution in [0, 0.1) is 0 Å². The van der Waals surface area contributed by atoms with Gasteiger partial charge in [0.05, 0.1) is 0 Å². The van der Waals surface area contributed by atoms with Crippen molar-refractivity contribution in [1.29, 1.82) is 0 Å². The number of hydrogen-bond acceptors (Lipinski definition) is 2. The van der Waals surface area contributed by atoms with E-state index in [1.165, 1.54) is 11.8 Å². The topological polar surface area (TPSA) is 20.3 Å². The van der Waals surface area contributed by atoms with Gasteiger partial charge in [0.15, 0.2) is 0 Å². The summed E-state index contributed by atoms with van der Waals surface area (Å²) in [6, 6.07) is 0. The molecule has 3 heteroatoms. The van der Waals surface area contributed by atoms with Crippen molar-refractivity contribution in [3.8, 4) is 0 Å². The number of thioether (sulfide) groups is 1. The van der Waals surface area contributed by atoms with Gasteiger partial charge in [-0.25, -0.2) is 0 Å². The van der Waals surface area contributed by atoms with E-state index in [2.05, 4.69) is 0 Å². The van der Waals surface area contributed by atoms with Crippen LogP contribution < -0.4 is 0 Å². The van der Waals surface area contributed by atoms with Crippen LogP contribution >= 0.6 is 11.8 Å². The monoisotopic (exact) mass is 117 g/mol. The second-order valence-electron chi connectivity index (χ2n) is 1.54. The Bertz CT molecular complexity index is 93.7. The maximum absolute atomic E-state index is 10.5. The van der Waals surface area contributed by atoms with Crippen LogP contribution in [-0.4, -0.2) is 29.5 Å². The van der Waals surface area contributed by atoms with Gasteiger partial charge in [0.25, 0.3) is 5.24 Å². The maximum atomic E-state index is 10.5. The van der Waals surface area contributed by atoms with Gasteiger partial charge >= 0.3 is 0 Å². The third kappa shape index (κ3) is 0.881. The lowest BCUT2D eigenvalue weighted by Crippen LogP contribution is -2.15. The van der Waals surface area contributed by atoms with Gasteiger partial charge < -0.3 is 4.90 Å². The van der Waals surface area contributed by atoms with Crippen LogP contribution in [0.4, 0.5) is 4.79 Å². The second-order valence-corrected chi connectivity index (χ2v) is 2.58. The van der Waals surface area contributed by atoms with Crippen molar-refractivity contribution in [1.82, 2.24) is 4.90 Å². The molecule has 1 fully saturated rings. The summed E-state index contributed by atoms with van der Waals surface area (Å²) in [5.74, 6) is 0.968. The molecular formula is C4H7NOS. The van der Waals surface area contributed by atoms with Crippen molar-refractivity contribution in [3.63, 3.8) is 0 Å². The molecular weight excluding hydrogens is 110 g/mol. The molecule has 0 N–H and O–H groups in total. The fourth-order valence-corrected chi connectivity index (χ4v) is 1.32. The van der Waals surface area contributed by atoms with Crippen molar-refractivity contribution in [2.75, 3.05) is 19.3 Å². The predicted molar refractivity (Wildman–Crippen MR) is 30.5 cm³/mol. The van der Waals surface area contributed by atoms with E-state index in [1.807, 2.05) is 7.05 Å². The molecule has 1 amide bonds. The van der Waals surface area contributed by atoms with E-state index in [4.69, 9.17) is 0 Å². The van der Waals surface area contributed by atoms with E-state index in [1.54, 1.807) is 4.90 Å². The normalized spacial score (nSPS) is 21.3. The lowest BCUT2D eigenvalue weighted by atomic mass is 10.7. The minimum atomic E-state index is 0.208. The number of amides is 1. The summed E-state index contributed by atoms with van der Waals surface area (Å²) >= 11 is 1.39. The lowest BCUT2D eigenvalue weighted by molar-refractivity contribution is 0.239. The molecule has 1 aliphatic heterocycles. The molecule has 1 heterocycles. The summed E-state index contributed by atoms with van der Waals surface area (Å²) in [4.78, 5) is 12.2. The van der Waals surface area contributed by atoms with Gasteiger partial charge in [0.1, 0.15) is 0 Å². The van der Waals surface area contributed by atoms with Crippen molar-refractivity contribution >= 4 is 17.0 Å². The molecule has 0 aliphatic carbocycles. The summed E-state index contributed by atoms with van der Waals surface area (Å²) in [5, 5.41) is 0.208. The van der Waals surface area contributed by atoms with Gasteiger partial charge in [-0.1, -0.05) is 11.8 Å². The van der Waals surface area contributed by atoms with Crippen LogP contribution in [-0.2, 0) is 0 Å². The number of nitrogens with zero attached hydrogens (tertiary/aromatic N) is 1. The molecule has 0 spiro atoms. The molecule has 0 aromatic carbocycles. The van der Waals surface area contributed by atoms with Gasteiger partial charge in [0.2, 0.25) is 0 Å². The van der Waals surface area contributed by atoms with Gasteiger partial charge in [-0.15, -0.1) is 0 Å². The number of carbonyl (C=O) groups excluding carboxylic acids is 1. The Hall–Kier alpha value is -0.180. The zero-order chi connectivity index (χ0) is 5.28. The highest BCUT2D eigenvalue weighted by atomic mass is 32.2. The van der Waals surface area contributed by atoms with E-state index in [9.17, 15) is 4.79 Å². The Morgan fingerprint density at radius 2 is 2.57 bits per heavy atom. The van der Waals surface area contributed by atoms with Crippen LogP contribution in [0.15, 0.2) is 0 Å². The standard InChI is InChI=1S/C4H7NOS/c1-5-2-3-7-4(5)6/h2-3H2,1H3. The quantitative estimate of drug-likeness (QED) is 0.467. The number of rotatable bonds is 0. The largest absolute Gasteiger partial charge is 0.336 e. The summed E-state index contributed by atoms with van der Waals surface area (Å²) in [6.45, 7) is 0.920. The average molecular weight is 117 g/mol. The van der Waals surface area contributed by atoms with Crippen LogP contribution in [0.1, 0.15) is 0 Å². The second kappa shape index (κ2) is 1.74. The fraction of sp³-hybridized carbons (Fsp3) is 0.750. The number of carbonyl (C=O) groups is 1. The molecule has 0 aromatic heterocycles. The first-order valence-electron chi connectivity index (χ1n) is 2.18. The predicted octanol–water partition coefficient (Wildman–Crippen LogP) is 0.785. The van der Waals surface area contributed by atoms with Crippen molar-refractivity contribution in [3.05, 3.63) is 0 Å². The van der Waals surface area contributed by atoms with Gasteiger partial charge in [-0.05, 0) is 0 Å². The van der Waals surface area contributed by atoms with E-state index in [0.29, 0.717) is 0 Å². The van der Waals surface area contributed by atoms with Crippen molar-refractivity contribution in [2.45, 2.75) is 0 Å². The molecule has 0 atom stereocenters. The summed E-state index contributed by atoms with van der Waals surface area (Å²) < 4.78 is 0. The highest BCUT2D eigenvalue weighted by molar-refractivity contribution is 8.13. The van der Waals surface area contributed by atoms with Crippen molar-refractivity contribution < 1.29 is 4.79 Å². The SMILES string of the molecule is CN1CCSC1=O. The zero-order valence-electron chi connectivity index (χ0n) is 4.18. The first kappa shape index (κ1) is 4.97. The zero-order valence-corrected chi connectivity index (χ0v) is 4.99. The third-order valence-corrected chi connectivity index (χ3v) is 1.91. The minimum absolute atomic E-state index is 0.208. The Morgan fingerprint density at radius 3 is 2.71 bits per heavy atom. The molecule has 0 saturated carbocycles. The number of hydrogen-bond donors (Lipinski definition) is 0. The summed E-state index contributed by atoms with van der Waals surface area (Å²) in [7, 11) is 1.82. The Balaban J connectivity index is 2.48. The Morgan fingerprint density at radius 1 is 1.86 bits per heavy atom.